The van der Waals surface area contributed by atoms with Crippen LogP contribution in [0, 0.1) is 52.3 Å². The van der Waals surface area contributed by atoms with Crippen LogP contribution in [-0.4, -0.2) is 64.1 Å². The molecule has 7 heteroatoms. The van der Waals surface area contributed by atoms with Crippen LogP contribution in [0.15, 0.2) is 11.8 Å². The van der Waals surface area contributed by atoms with Gasteiger partial charge in [0, 0.05) is 13.0 Å². The van der Waals surface area contributed by atoms with E-state index in [0.29, 0.717) is 10.8 Å². The van der Waals surface area contributed by atoms with Crippen LogP contribution in [-0.2, 0) is 9.47 Å². The van der Waals surface area contributed by atoms with Gasteiger partial charge in [-0.1, -0.05) is 66.7 Å². The highest BCUT2D eigenvalue weighted by Gasteiger charge is 2.60. The number of hydrogen-bond acceptors (Lipinski definition) is 7. The van der Waals surface area contributed by atoms with E-state index in [0.717, 1.165) is 85.9 Å². The SMILES string of the molecule is CC(C)CCC[C@@H](C)[C@H]1CC[C@H]2C3CCC4CC(OCCCCCCSC5O[C@H](CN)[C@@H](O)[C@H](O)[C@@H]5O)=CC[C@]4(C)C3CC[C@]12C. The number of aliphatic hydroxyl groups excluding tert-OH is 3. The first kappa shape index (κ1) is 37.0. The summed E-state index contributed by atoms with van der Waals surface area (Å²) >= 11 is 1.50. The molecule has 0 aromatic rings. The van der Waals surface area contributed by atoms with Crippen LogP contribution in [0.1, 0.15) is 131 Å². The van der Waals surface area contributed by atoms with E-state index >= 15 is 0 Å². The van der Waals surface area contributed by atoms with Crippen LogP contribution in [0.5, 0.6) is 0 Å². The van der Waals surface area contributed by atoms with Crippen molar-refractivity contribution in [2.24, 2.45) is 58.0 Å². The van der Waals surface area contributed by atoms with E-state index in [1.165, 1.54) is 81.7 Å². The van der Waals surface area contributed by atoms with Gasteiger partial charge < -0.3 is 30.5 Å². The summed E-state index contributed by atoms with van der Waals surface area (Å²) in [5.74, 6) is 8.31. The molecule has 4 fully saturated rings. The van der Waals surface area contributed by atoms with Crippen LogP contribution in [0.3, 0.4) is 0 Å². The molecule has 1 heterocycles. The Balaban J connectivity index is 1.02. The maximum absolute atomic E-state index is 10.3. The summed E-state index contributed by atoms with van der Waals surface area (Å²) in [6, 6.07) is 0. The van der Waals surface area contributed by atoms with Crippen LogP contribution in [0.25, 0.3) is 0 Å². The van der Waals surface area contributed by atoms with E-state index in [9.17, 15) is 15.3 Å². The predicted octanol–water partition coefficient (Wildman–Crippen LogP) is 7.68. The number of thioether (sulfide) groups is 1. The maximum atomic E-state index is 10.3. The molecule has 0 radical (unpaired) electrons. The van der Waals surface area contributed by atoms with Crippen molar-refractivity contribution in [3.8, 4) is 0 Å². The van der Waals surface area contributed by atoms with Crippen LogP contribution in [0.2, 0.25) is 0 Å². The van der Waals surface area contributed by atoms with Gasteiger partial charge in [-0.15, -0.1) is 11.8 Å². The molecule has 0 amide bonds. The highest BCUT2D eigenvalue weighted by Crippen LogP contribution is 2.68. The van der Waals surface area contributed by atoms with Crippen molar-refractivity contribution in [2.45, 2.75) is 161 Å². The minimum Gasteiger partial charge on any atom is -0.498 e. The zero-order valence-electron chi connectivity index (χ0n) is 29.9. The molecule has 266 valence electrons. The third kappa shape index (κ3) is 7.85. The molecule has 0 aromatic carbocycles. The first-order chi connectivity index (χ1) is 22.0. The molecule has 1 saturated heterocycles. The summed E-state index contributed by atoms with van der Waals surface area (Å²) in [5.41, 5.74) is 6.13. The predicted molar refractivity (Wildman–Crippen MR) is 189 cm³/mol. The standard InChI is InChI=1S/C39H69NO5S/c1-25(2)11-10-12-26(3)30-15-16-31-29-14-13-27-23-28(17-19-38(27,4)32(29)18-20-39(30,31)5)44-21-8-6-7-9-22-46-37-36(43)35(42)34(41)33(24-40)45-37/h17,25-27,29-37,41-43H,6-16,18-24,40H2,1-5H3/t26-,27?,29?,30-,31+,32?,33-,34-,35+,36+,37?,38+,39-/m1/s1. The van der Waals surface area contributed by atoms with E-state index in [2.05, 4.69) is 40.7 Å². The number of rotatable bonds is 15. The van der Waals surface area contributed by atoms with Crippen molar-refractivity contribution in [2.75, 3.05) is 18.9 Å². The van der Waals surface area contributed by atoms with Crippen molar-refractivity contribution in [3.63, 3.8) is 0 Å². The van der Waals surface area contributed by atoms with Gasteiger partial charge in [-0.2, -0.15) is 0 Å². The van der Waals surface area contributed by atoms with E-state index < -0.39 is 29.9 Å². The van der Waals surface area contributed by atoms with Crippen molar-refractivity contribution in [3.05, 3.63) is 11.8 Å². The largest absolute Gasteiger partial charge is 0.498 e. The van der Waals surface area contributed by atoms with Gasteiger partial charge in [0.05, 0.1) is 18.5 Å². The summed E-state index contributed by atoms with van der Waals surface area (Å²) in [7, 11) is 0. The van der Waals surface area contributed by atoms with Crippen molar-refractivity contribution >= 4 is 11.8 Å². The van der Waals surface area contributed by atoms with Crippen molar-refractivity contribution < 1.29 is 24.8 Å². The van der Waals surface area contributed by atoms with E-state index in [-0.39, 0.29) is 6.54 Å². The normalized spacial score (nSPS) is 43.0. The molecule has 46 heavy (non-hydrogen) atoms. The van der Waals surface area contributed by atoms with Gasteiger partial charge in [-0.05, 0) is 122 Å². The van der Waals surface area contributed by atoms with Crippen LogP contribution < -0.4 is 5.73 Å². The summed E-state index contributed by atoms with van der Waals surface area (Å²) in [6.45, 7) is 13.6. The number of unbranched alkanes of at least 4 members (excludes halogenated alkanes) is 3. The molecule has 5 rings (SSSR count). The average Bonchev–Trinajstić information content (AvgIpc) is 3.39. The third-order valence-corrected chi connectivity index (χ3v) is 15.2. The first-order valence-corrected chi connectivity index (χ1v) is 20.4. The second-order valence-corrected chi connectivity index (χ2v) is 18.4. The summed E-state index contributed by atoms with van der Waals surface area (Å²) < 4.78 is 12.1. The fourth-order valence-electron chi connectivity index (χ4n) is 11.2. The lowest BCUT2D eigenvalue weighted by atomic mass is 9.45. The Labute approximate surface area is 285 Å². The lowest BCUT2D eigenvalue weighted by molar-refractivity contribution is -0.194. The van der Waals surface area contributed by atoms with Crippen molar-refractivity contribution in [1.82, 2.24) is 0 Å². The number of hydrogen-bond donors (Lipinski definition) is 4. The van der Waals surface area contributed by atoms with Gasteiger partial charge >= 0.3 is 0 Å². The zero-order chi connectivity index (χ0) is 33.1. The summed E-state index contributed by atoms with van der Waals surface area (Å²) in [6.07, 6.45) is 18.0. The number of ether oxygens (including phenoxy) is 2. The number of nitrogens with two attached hydrogens (primary N) is 1. The number of aliphatic hydroxyl groups is 3. The Morgan fingerprint density at radius 2 is 1.65 bits per heavy atom. The molecule has 13 atom stereocenters. The lowest BCUT2D eigenvalue weighted by Gasteiger charge is -2.60. The van der Waals surface area contributed by atoms with Gasteiger partial charge in [0.2, 0.25) is 0 Å². The minimum atomic E-state index is -1.21. The lowest BCUT2D eigenvalue weighted by Crippen LogP contribution is -2.58. The molecule has 0 bridgehead atoms. The molecular formula is C39H69NO5S. The quantitative estimate of drug-likeness (QED) is 0.133. The Morgan fingerprint density at radius 1 is 0.891 bits per heavy atom. The molecule has 3 saturated carbocycles. The van der Waals surface area contributed by atoms with Gasteiger partial charge in [-0.25, -0.2) is 0 Å². The maximum Gasteiger partial charge on any atom is 0.132 e. The molecule has 0 spiro atoms. The molecule has 4 aliphatic carbocycles. The molecule has 0 aromatic heterocycles. The smallest absolute Gasteiger partial charge is 0.132 e. The van der Waals surface area contributed by atoms with Gasteiger partial charge in [0.15, 0.2) is 0 Å². The topological polar surface area (TPSA) is 105 Å². The fourth-order valence-corrected chi connectivity index (χ4v) is 12.4. The average molecular weight is 664 g/mol. The molecular weight excluding hydrogens is 594 g/mol. The third-order valence-electron chi connectivity index (χ3n) is 14.0. The molecule has 4 unspecified atom stereocenters. The molecule has 5 aliphatic rings. The Kier molecular flexibility index (Phi) is 13.0. The van der Waals surface area contributed by atoms with Crippen LogP contribution in [0.4, 0.5) is 0 Å². The Hall–Kier alpha value is -0.310. The zero-order valence-corrected chi connectivity index (χ0v) is 30.7. The van der Waals surface area contributed by atoms with Gasteiger partial charge in [-0.3, -0.25) is 0 Å². The molecule has 5 N–H and O–H groups in total. The Bertz CT molecular complexity index is 991. The van der Waals surface area contributed by atoms with Crippen molar-refractivity contribution in [1.29, 1.82) is 0 Å². The first-order valence-electron chi connectivity index (χ1n) is 19.3. The second-order valence-electron chi connectivity index (χ2n) is 17.1. The summed E-state index contributed by atoms with van der Waals surface area (Å²) in [4.78, 5) is 0. The highest BCUT2D eigenvalue weighted by atomic mass is 32.2. The van der Waals surface area contributed by atoms with E-state index in [1.807, 2.05) is 0 Å². The fraction of sp³-hybridized carbons (Fsp3) is 0.949. The van der Waals surface area contributed by atoms with Gasteiger partial charge in [0.25, 0.3) is 0 Å². The van der Waals surface area contributed by atoms with E-state index in [4.69, 9.17) is 15.2 Å². The Morgan fingerprint density at radius 3 is 2.41 bits per heavy atom. The van der Waals surface area contributed by atoms with E-state index in [1.54, 1.807) is 0 Å². The second kappa shape index (κ2) is 16.1. The highest BCUT2D eigenvalue weighted by molar-refractivity contribution is 7.99. The summed E-state index contributed by atoms with van der Waals surface area (Å²) in [5, 5.41) is 30.3. The monoisotopic (exact) mass is 663 g/mol. The molecule has 6 nitrogen and oxygen atoms in total. The number of allylic oxidation sites excluding steroid dienone is 2. The molecule has 1 aliphatic heterocycles. The van der Waals surface area contributed by atoms with Gasteiger partial charge in [0.1, 0.15) is 23.7 Å². The van der Waals surface area contributed by atoms with Crippen LogP contribution >= 0.6 is 11.8 Å². The minimum absolute atomic E-state index is 0.123. The number of fused-ring (bicyclic) bond motifs is 5.